The molecule has 5 nitrogen and oxygen atoms in total. The molecule has 2 aromatic carbocycles. The quantitative estimate of drug-likeness (QED) is 0.300. The Balaban J connectivity index is 1.61. The van der Waals surface area contributed by atoms with E-state index in [1.807, 2.05) is 25.3 Å². The number of hydrogen-bond donors (Lipinski definition) is 1. The van der Waals surface area contributed by atoms with Crippen molar-refractivity contribution in [3.05, 3.63) is 96.1 Å². The van der Waals surface area contributed by atoms with Crippen molar-refractivity contribution in [3.63, 3.8) is 0 Å². The number of nitrogens with one attached hydrogen (secondary N) is 1. The minimum absolute atomic E-state index is 0.358. The van der Waals surface area contributed by atoms with Crippen molar-refractivity contribution < 1.29 is 0 Å². The van der Waals surface area contributed by atoms with Gasteiger partial charge in [-0.15, -0.1) is 0 Å². The maximum Gasteiger partial charge on any atom is 0.0900 e. The summed E-state index contributed by atoms with van der Waals surface area (Å²) in [6.07, 6.45) is 8.00. The predicted molar refractivity (Wildman–Crippen MR) is 142 cm³/mol. The molecule has 0 atom stereocenters. The zero-order chi connectivity index (χ0) is 23.6. The van der Waals surface area contributed by atoms with Gasteiger partial charge in [-0.2, -0.15) is 0 Å². The zero-order valence-corrected chi connectivity index (χ0v) is 20.0. The van der Waals surface area contributed by atoms with Crippen LogP contribution < -0.4 is 10.7 Å². The number of aryl methyl sites for hydroxylation is 1. The molecule has 35 heavy (non-hydrogen) atoms. The van der Waals surface area contributed by atoms with Gasteiger partial charge >= 0.3 is 0 Å². The minimum atomic E-state index is 0.358. The summed E-state index contributed by atoms with van der Waals surface area (Å²) < 4.78 is 2.30. The van der Waals surface area contributed by atoms with Crippen LogP contribution in [0.1, 0.15) is 37.8 Å². The fourth-order valence-corrected chi connectivity index (χ4v) is 5.01. The van der Waals surface area contributed by atoms with Crippen LogP contribution in [0.2, 0.25) is 0 Å². The summed E-state index contributed by atoms with van der Waals surface area (Å²) >= 11 is 0. The number of benzene rings is 3. The Morgan fingerprint density at radius 1 is 0.886 bits per heavy atom. The van der Waals surface area contributed by atoms with Crippen LogP contribution in [0.25, 0.3) is 28.1 Å². The molecule has 1 aromatic heterocycles. The van der Waals surface area contributed by atoms with E-state index in [2.05, 4.69) is 81.6 Å². The van der Waals surface area contributed by atoms with Crippen molar-refractivity contribution in [1.29, 1.82) is 0 Å². The van der Waals surface area contributed by atoms with Gasteiger partial charge in [-0.3, -0.25) is 9.98 Å². The topological polar surface area (TPSA) is 55.1 Å². The first-order valence-electron chi connectivity index (χ1n) is 12.5. The molecule has 3 aromatic rings. The molecule has 5 heteroatoms. The Hall–Kier alpha value is -3.99. The number of fused-ring (bicyclic) bond motifs is 2. The minimum Gasteiger partial charge on any atom is -0.352 e. The zero-order valence-electron chi connectivity index (χ0n) is 20.0. The molecule has 0 amide bonds. The highest BCUT2D eigenvalue weighted by Crippen LogP contribution is 2.30. The Labute approximate surface area is 205 Å². The van der Waals surface area contributed by atoms with E-state index in [1.165, 1.54) is 19.3 Å². The van der Waals surface area contributed by atoms with Crippen molar-refractivity contribution in [1.82, 2.24) is 14.5 Å². The van der Waals surface area contributed by atoms with Gasteiger partial charge in [-0.25, -0.2) is 4.98 Å². The number of aromatic nitrogens is 3. The summed E-state index contributed by atoms with van der Waals surface area (Å²) in [7, 11) is 0. The van der Waals surface area contributed by atoms with Crippen LogP contribution >= 0.6 is 0 Å². The normalized spacial score (nSPS) is 15.1. The lowest BCUT2D eigenvalue weighted by Gasteiger charge is -2.21. The molecule has 174 valence electrons. The maximum atomic E-state index is 5.27. The Bertz CT molecular complexity index is 1500. The fraction of sp³-hybridized carbons (Fsp3) is 0.233. The fourth-order valence-electron chi connectivity index (χ4n) is 5.01. The van der Waals surface area contributed by atoms with Gasteiger partial charge < -0.3 is 9.88 Å². The van der Waals surface area contributed by atoms with Gasteiger partial charge in [0.15, 0.2) is 0 Å². The van der Waals surface area contributed by atoms with E-state index >= 15 is 0 Å². The van der Waals surface area contributed by atoms with Gasteiger partial charge in [0.05, 0.1) is 51.4 Å². The molecule has 2 aliphatic carbocycles. The van der Waals surface area contributed by atoms with E-state index in [0.29, 0.717) is 6.04 Å². The second-order valence-electron chi connectivity index (χ2n) is 9.36. The highest BCUT2D eigenvalue weighted by molar-refractivity contribution is 5.84. The van der Waals surface area contributed by atoms with Gasteiger partial charge in [0.1, 0.15) is 0 Å². The number of para-hydroxylation sites is 3. The molecule has 6 rings (SSSR count). The monoisotopic (exact) mass is 459 g/mol. The van der Waals surface area contributed by atoms with E-state index in [4.69, 9.17) is 9.98 Å². The third-order valence-electron chi connectivity index (χ3n) is 6.80. The van der Waals surface area contributed by atoms with Gasteiger partial charge in [0.2, 0.25) is 0 Å². The average Bonchev–Trinajstić information content (AvgIpc) is 2.90. The predicted octanol–water partition coefficient (Wildman–Crippen LogP) is 6.81. The third kappa shape index (κ3) is 4.42. The molecule has 0 spiro atoms. The summed E-state index contributed by atoms with van der Waals surface area (Å²) in [4.78, 5) is 14.8. The SMILES string of the molecule is Cc1ccc(Nc2cc3nc4ccccc4n(-c4ccccc4)c-3c/c2=N\C2CCCCC2)cn1. The summed E-state index contributed by atoms with van der Waals surface area (Å²) in [5.74, 6) is 0. The maximum absolute atomic E-state index is 5.27. The first-order chi connectivity index (χ1) is 17.2. The molecule has 1 saturated carbocycles. The largest absolute Gasteiger partial charge is 0.352 e. The second-order valence-corrected chi connectivity index (χ2v) is 9.36. The van der Waals surface area contributed by atoms with Gasteiger partial charge in [0.25, 0.3) is 0 Å². The summed E-state index contributed by atoms with van der Waals surface area (Å²) in [6.45, 7) is 2.00. The van der Waals surface area contributed by atoms with Crippen molar-refractivity contribution in [2.24, 2.45) is 4.99 Å². The van der Waals surface area contributed by atoms with Crippen LogP contribution in [0.5, 0.6) is 0 Å². The molecular weight excluding hydrogens is 430 g/mol. The van der Waals surface area contributed by atoms with Crippen LogP contribution in [0, 0.1) is 6.92 Å². The smallest absolute Gasteiger partial charge is 0.0900 e. The van der Waals surface area contributed by atoms with Crippen LogP contribution in [0.15, 0.2) is 90.1 Å². The molecule has 1 fully saturated rings. The van der Waals surface area contributed by atoms with Crippen molar-refractivity contribution >= 4 is 22.4 Å². The number of nitrogens with zero attached hydrogens (tertiary/aromatic N) is 4. The van der Waals surface area contributed by atoms with E-state index in [1.54, 1.807) is 0 Å². The standard InChI is InChI=1S/C30H29N5/c1-21-16-17-23(20-31-21)33-26-18-28-30(19-27(26)32-22-10-4-2-5-11-22)35(24-12-6-3-7-13-24)29-15-9-8-14-25(29)34-28/h3,6-9,12-20,22,33H,2,4-5,10-11H2,1H3/b32-27+. The molecule has 1 N–H and O–H groups in total. The van der Waals surface area contributed by atoms with Crippen LogP contribution in [0.3, 0.4) is 0 Å². The molecule has 1 aliphatic heterocycles. The summed E-state index contributed by atoms with van der Waals surface area (Å²) in [5, 5.41) is 4.56. The lowest BCUT2D eigenvalue weighted by Crippen LogP contribution is -2.19. The molecule has 3 aliphatic rings. The first kappa shape index (κ1) is 21.5. The van der Waals surface area contributed by atoms with Crippen molar-refractivity contribution in [2.45, 2.75) is 45.1 Å². The highest BCUT2D eigenvalue weighted by atomic mass is 15.0. The van der Waals surface area contributed by atoms with Crippen molar-refractivity contribution in [3.8, 4) is 17.1 Å². The van der Waals surface area contributed by atoms with Gasteiger partial charge in [0, 0.05) is 11.4 Å². The lowest BCUT2D eigenvalue weighted by molar-refractivity contribution is 0.437. The first-order valence-corrected chi connectivity index (χ1v) is 12.5. The molecule has 0 saturated heterocycles. The number of pyridine rings is 1. The summed E-state index contributed by atoms with van der Waals surface area (Å²) in [5.41, 5.74) is 8.06. The Morgan fingerprint density at radius 3 is 2.49 bits per heavy atom. The lowest BCUT2D eigenvalue weighted by atomic mass is 9.96. The number of rotatable bonds is 4. The average molecular weight is 460 g/mol. The Kier molecular flexibility index (Phi) is 5.75. The van der Waals surface area contributed by atoms with E-state index in [0.717, 1.165) is 63.4 Å². The number of hydrogen-bond acceptors (Lipinski definition) is 4. The Morgan fingerprint density at radius 2 is 1.69 bits per heavy atom. The van der Waals surface area contributed by atoms with Crippen LogP contribution in [-0.2, 0) is 0 Å². The van der Waals surface area contributed by atoms with Crippen molar-refractivity contribution in [2.75, 3.05) is 5.32 Å². The van der Waals surface area contributed by atoms with E-state index < -0.39 is 0 Å². The second kappa shape index (κ2) is 9.34. The highest BCUT2D eigenvalue weighted by Gasteiger charge is 2.18. The number of anilines is 2. The molecule has 0 unspecified atom stereocenters. The third-order valence-corrected chi connectivity index (χ3v) is 6.80. The molecule has 0 radical (unpaired) electrons. The molecule has 2 heterocycles. The summed E-state index contributed by atoms with van der Waals surface area (Å²) in [6, 6.07) is 27.6. The van der Waals surface area contributed by atoms with Crippen LogP contribution in [0.4, 0.5) is 11.4 Å². The van der Waals surface area contributed by atoms with Crippen LogP contribution in [-0.4, -0.2) is 20.6 Å². The van der Waals surface area contributed by atoms with Gasteiger partial charge in [-0.05, 0) is 68.3 Å². The van der Waals surface area contributed by atoms with E-state index in [-0.39, 0.29) is 0 Å². The van der Waals surface area contributed by atoms with E-state index in [9.17, 15) is 0 Å². The molecule has 0 bridgehead atoms. The van der Waals surface area contributed by atoms with Gasteiger partial charge in [-0.1, -0.05) is 49.6 Å². The molecular formula is C30H29N5.